The summed E-state index contributed by atoms with van der Waals surface area (Å²) in [5, 5.41) is 10.6. The molecule has 92 valence electrons. The van der Waals surface area contributed by atoms with Crippen LogP contribution in [0.2, 0.25) is 0 Å². The van der Waals surface area contributed by atoms with Crippen LogP contribution in [-0.2, 0) is 0 Å². The van der Waals surface area contributed by atoms with Crippen molar-refractivity contribution in [1.82, 2.24) is 0 Å². The molecule has 2 rings (SSSR count). The number of benzene rings is 1. The minimum absolute atomic E-state index is 0.297. The van der Waals surface area contributed by atoms with Gasteiger partial charge in [-0.25, -0.2) is 10.6 Å². The van der Waals surface area contributed by atoms with Gasteiger partial charge in [0.05, 0.1) is 11.3 Å². The molecule has 1 aromatic carbocycles. The smallest absolute Gasteiger partial charge is 0.335 e. The number of rotatable bonds is 3. The van der Waals surface area contributed by atoms with Gasteiger partial charge >= 0.3 is 5.97 Å². The first-order valence-corrected chi connectivity index (χ1v) is 6.06. The van der Waals surface area contributed by atoms with Gasteiger partial charge in [-0.1, -0.05) is 19.3 Å². The van der Waals surface area contributed by atoms with Gasteiger partial charge in [-0.15, -0.1) is 0 Å². The van der Waals surface area contributed by atoms with Crippen LogP contribution in [-0.4, -0.2) is 17.1 Å². The van der Waals surface area contributed by atoms with Crippen molar-refractivity contribution in [2.45, 2.75) is 38.1 Å². The highest BCUT2D eigenvalue weighted by Crippen LogP contribution is 2.25. The van der Waals surface area contributed by atoms with E-state index in [-0.39, 0.29) is 0 Å². The van der Waals surface area contributed by atoms with E-state index in [0.29, 0.717) is 11.6 Å². The minimum Gasteiger partial charge on any atom is -0.478 e. The van der Waals surface area contributed by atoms with Gasteiger partial charge in [0.15, 0.2) is 0 Å². The minimum atomic E-state index is -0.905. The number of aromatic carboxylic acids is 1. The third-order valence-corrected chi connectivity index (χ3v) is 3.38. The summed E-state index contributed by atoms with van der Waals surface area (Å²) in [4.78, 5) is 10.7. The first-order chi connectivity index (χ1) is 8.18. The number of nitrogens with zero attached hydrogens (tertiary/aromatic N) is 1. The molecule has 1 aliphatic rings. The van der Waals surface area contributed by atoms with Crippen molar-refractivity contribution in [3.8, 4) is 0 Å². The van der Waals surface area contributed by atoms with Gasteiger partial charge in [-0.2, -0.15) is 0 Å². The summed E-state index contributed by atoms with van der Waals surface area (Å²) < 4.78 is 0. The van der Waals surface area contributed by atoms with Crippen LogP contribution in [0.1, 0.15) is 42.5 Å². The van der Waals surface area contributed by atoms with E-state index in [0.717, 1.165) is 18.5 Å². The van der Waals surface area contributed by atoms with Crippen molar-refractivity contribution in [2.24, 2.45) is 5.84 Å². The maximum absolute atomic E-state index is 10.7. The van der Waals surface area contributed by atoms with Gasteiger partial charge in [0.25, 0.3) is 0 Å². The predicted octanol–water partition coefficient (Wildman–Crippen LogP) is 2.40. The average Bonchev–Trinajstić information content (AvgIpc) is 2.39. The Bertz CT molecular complexity index is 383. The van der Waals surface area contributed by atoms with Gasteiger partial charge in [0.1, 0.15) is 0 Å². The summed E-state index contributed by atoms with van der Waals surface area (Å²) in [6.07, 6.45) is 5.99. The largest absolute Gasteiger partial charge is 0.478 e. The fraction of sp³-hybridized carbons (Fsp3) is 0.462. The second kappa shape index (κ2) is 5.19. The molecule has 17 heavy (non-hydrogen) atoms. The Morgan fingerprint density at radius 3 is 2.29 bits per heavy atom. The Morgan fingerprint density at radius 2 is 1.76 bits per heavy atom. The zero-order valence-electron chi connectivity index (χ0n) is 9.80. The summed E-state index contributed by atoms with van der Waals surface area (Å²) >= 11 is 0. The molecule has 0 atom stereocenters. The zero-order chi connectivity index (χ0) is 12.3. The number of hydrogen-bond acceptors (Lipinski definition) is 3. The first kappa shape index (κ1) is 11.9. The Balaban J connectivity index is 2.07. The van der Waals surface area contributed by atoms with Crippen molar-refractivity contribution in [2.75, 3.05) is 5.01 Å². The van der Waals surface area contributed by atoms with Gasteiger partial charge in [-0.3, -0.25) is 0 Å². The number of carbonyl (C=O) groups is 1. The first-order valence-electron chi connectivity index (χ1n) is 6.06. The van der Waals surface area contributed by atoms with Crippen LogP contribution >= 0.6 is 0 Å². The van der Waals surface area contributed by atoms with Crippen molar-refractivity contribution >= 4 is 11.7 Å². The highest BCUT2D eigenvalue weighted by atomic mass is 16.4. The summed E-state index contributed by atoms with van der Waals surface area (Å²) in [5.41, 5.74) is 1.19. The molecule has 0 heterocycles. The predicted molar refractivity (Wildman–Crippen MR) is 66.9 cm³/mol. The highest BCUT2D eigenvalue weighted by molar-refractivity contribution is 5.88. The van der Waals surface area contributed by atoms with Crippen LogP contribution in [0.25, 0.3) is 0 Å². The average molecular weight is 234 g/mol. The van der Waals surface area contributed by atoms with Gasteiger partial charge < -0.3 is 10.1 Å². The van der Waals surface area contributed by atoms with Crippen LogP contribution in [0.5, 0.6) is 0 Å². The van der Waals surface area contributed by atoms with Gasteiger partial charge in [0.2, 0.25) is 0 Å². The fourth-order valence-corrected chi connectivity index (χ4v) is 2.35. The molecule has 1 fully saturated rings. The number of hydrogen-bond donors (Lipinski definition) is 2. The Hall–Kier alpha value is -1.55. The lowest BCUT2D eigenvalue weighted by molar-refractivity contribution is 0.0697. The number of carboxylic acids is 1. The second-order valence-corrected chi connectivity index (χ2v) is 4.55. The van der Waals surface area contributed by atoms with E-state index in [1.165, 1.54) is 19.3 Å². The lowest BCUT2D eigenvalue weighted by Crippen LogP contribution is -2.42. The van der Waals surface area contributed by atoms with Gasteiger partial charge in [-0.05, 0) is 37.1 Å². The molecular weight excluding hydrogens is 216 g/mol. The normalized spacial score (nSPS) is 16.8. The van der Waals surface area contributed by atoms with Crippen molar-refractivity contribution in [1.29, 1.82) is 0 Å². The van der Waals surface area contributed by atoms with Crippen LogP contribution < -0.4 is 10.9 Å². The molecule has 4 heteroatoms. The Kier molecular flexibility index (Phi) is 3.64. The maximum atomic E-state index is 10.7. The molecular formula is C13H18N2O2. The lowest BCUT2D eigenvalue weighted by atomic mass is 9.95. The molecule has 1 saturated carbocycles. The van der Waals surface area contributed by atoms with Crippen molar-refractivity contribution in [3.05, 3.63) is 29.8 Å². The number of anilines is 1. The third-order valence-electron chi connectivity index (χ3n) is 3.38. The second-order valence-electron chi connectivity index (χ2n) is 4.55. The molecule has 0 radical (unpaired) electrons. The van der Waals surface area contributed by atoms with Gasteiger partial charge in [0, 0.05) is 6.04 Å². The standard InChI is InChI=1S/C13H18N2O2/c14-15(11-4-2-1-3-5-11)12-8-6-10(7-9-12)13(16)17/h6-9,11H,1-5,14H2,(H,16,17). The summed E-state index contributed by atoms with van der Waals surface area (Å²) in [5.74, 6) is 5.18. The van der Waals surface area contributed by atoms with E-state index in [9.17, 15) is 4.79 Å². The maximum Gasteiger partial charge on any atom is 0.335 e. The van der Waals surface area contributed by atoms with E-state index in [1.807, 2.05) is 0 Å². The molecule has 0 bridgehead atoms. The summed E-state index contributed by atoms with van der Waals surface area (Å²) in [6.45, 7) is 0. The lowest BCUT2D eigenvalue weighted by Gasteiger charge is -2.32. The molecule has 0 aliphatic heterocycles. The van der Waals surface area contributed by atoms with E-state index in [1.54, 1.807) is 29.3 Å². The quantitative estimate of drug-likeness (QED) is 0.622. The molecule has 0 unspecified atom stereocenters. The molecule has 0 amide bonds. The molecule has 0 spiro atoms. The highest BCUT2D eigenvalue weighted by Gasteiger charge is 2.19. The summed E-state index contributed by atoms with van der Waals surface area (Å²) in [6, 6.07) is 7.14. The van der Waals surface area contributed by atoms with Crippen LogP contribution in [0.15, 0.2) is 24.3 Å². The van der Waals surface area contributed by atoms with Crippen LogP contribution in [0.3, 0.4) is 0 Å². The monoisotopic (exact) mass is 234 g/mol. The zero-order valence-corrected chi connectivity index (χ0v) is 9.80. The molecule has 0 saturated heterocycles. The van der Waals surface area contributed by atoms with E-state index in [2.05, 4.69) is 0 Å². The fourth-order valence-electron chi connectivity index (χ4n) is 2.35. The SMILES string of the molecule is NN(c1ccc(C(=O)O)cc1)C1CCCCC1. The molecule has 1 aromatic rings. The number of nitrogens with two attached hydrogens (primary N) is 1. The van der Waals surface area contributed by atoms with E-state index in [4.69, 9.17) is 10.9 Å². The molecule has 1 aliphatic carbocycles. The molecule has 0 aromatic heterocycles. The number of hydrazine groups is 1. The third kappa shape index (κ3) is 2.77. The Labute approximate surface area is 101 Å². The van der Waals surface area contributed by atoms with E-state index < -0.39 is 5.97 Å². The van der Waals surface area contributed by atoms with Crippen LogP contribution in [0.4, 0.5) is 5.69 Å². The number of carboxylic acid groups (broad SMARTS) is 1. The van der Waals surface area contributed by atoms with Crippen LogP contribution in [0, 0.1) is 0 Å². The Morgan fingerprint density at radius 1 is 1.18 bits per heavy atom. The van der Waals surface area contributed by atoms with Crippen molar-refractivity contribution < 1.29 is 9.90 Å². The topological polar surface area (TPSA) is 66.6 Å². The molecule has 3 N–H and O–H groups in total. The molecule has 4 nitrogen and oxygen atoms in total. The summed E-state index contributed by atoms with van der Waals surface area (Å²) in [7, 11) is 0. The van der Waals surface area contributed by atoms with Crippen molar-refractivity contribution in [3.63, 3.8) is 0 Å². The van der Waals surface area contributed by atoms with E-state index >= 15 is 0 Å².